The highest BCUT2D eigenvalue weighted by molar-refractivity contribution is 7.89. The van der Waals surface area contributed by atoms with Crippen molar-refractivity contribution < 1.29 is 13.2 Å². The van der Waals surface area contributed by atoms with Crippen molar-refractivity contribution in [2.24, 2.45) is 5.14 Å². The molecule has 116 valence electrons. The molecule has 1 aliphatic carbocycles. The predicted molar refractivity (Wildman–Crippen MR) is 81.4 cm³/mol. The highest BCUT2D eigenvalue weighted by Gasteiger charge is 2.24. The fourth-order valence-corrected chi connectivity index (χ4v) is 3.02. The molecule has 1 fully saturated rings. The first kappa shape index (κ1) is 15.6. The van der Waals surface area contributed by atoms with Crippen molar-refractivity contribution in [2.45, 2.75) is 30.7 Å². The van der Waals surface area contributed by atoms with Gasteiger partial charge in [-0.2, -0.15) is 0 Å². The molecule has 5 N–H and O–H groups in total. The maximum Gasteiger partial charge on any atom is 0.239 e. The number of nitrogens with one attached hydrogen (secondary N) is 1. The van der Waals surface area contributed by atoms with Gasteiger partial charge in [0.05, 0.1) is 11.4 Å². The van der Waals surface area contributed by atoms with Crippen LogP contribution in [0.4, 0.5) is 11.4 Å². The van der Waals surface area contributed by atoms with Gasteiger partial charge in [0, 0.05) is 24.5 Å². The first-order chi connectivity index (χ1) is 9.68. The Hall–Kier alpha value is -1.80. The topological polar surface area (TPSA) is 119 Å². The number of rotatable bonds is 5. The number of nitrogens with zero attached hydrogens (tertiary/aromatic N) is 1. The van der Waals surface area contributed by atoms with E-state index < -0.39 is 10.0 Å². The fraction of sp³-hybridized carbons (Fsp3) is 0.462. The third kappa shape index (κ3) is 3.85. The number of likely N-dealkylation sites (N-methyl/N-ethyl adjacent to an activating group) is 1. The molecule has 0 aliphatic heterocycles. The number of hydrogen-bond acceptors (Lipinski definition) is 5. The zero-order valence-electron chi connectivity index (χ0n) is 12.1. The number of nitrogen functional groups attached to an aromatic ring is 1. The van der Waals surface area contributed by atoms with Crippen LogP contribution in [-0.4, -0.2) is 34.0 Å². The van der Waals surface area contributed by atoms with Gasteiger partial charge in [-0.05, 0) is 37.5 Å². The highest BCUT2D eigenvalue weighted by atomic mass is 32.2. The van der Waals surface area contributed by atoms with E-state index in [1.54, 1.807) is 24.9 Å². The minimum absolute atomic E-state index is 0.0213. The summed E-state index contributed by atoms with van der Waals surface area (Å²) in [5.74, 6) is -0.0982. The normalized spacial score (nSPS) is 14.8. The van der Waals surface area contributed by atoms with Gasteiger partial charge >= 0.3 is 0 Å². The van der Waals surface area contributed by atoms with Crippen molar-refractivity contribution >= 4 is 27.3 Å². The number of primary sulfonamides is 1. The standard InChI is InChI=1S/C13H20N4O3S/c1-8-11(5-9(14)6-12(8)21(15,19)20)17(2)7-13(18)16-10-3-4-10/h5-6,10H,3-4,7,14H2,1-2H3,(H,16,18)(H2,15,19,20). The average molecular weight is 312 g/mol. The molecule has 1 saturated carbocycles. The van der Waals surface area contributed by atoms with Gasteiger partial charge in [-0.1, -0.05) is 0 Å². The van der Waals surface area contributed by atoms with Gasteiger partial charge in [0.25, 0.3) is 0 Å². The lowest BCUT2D eigenvalue weighted by Crippen LogP contribution is -2.36. The number of benzene rings is 1. The van der Waals surface area contributed by atoms with Crippen LogP contribution in [0.25, 0.3) is 0 Å². The molecule has 0 bridgehead atoms. The molecule has 1 amide bonds. The van der Waals surface area contributed by atoms with Crippen LogP contribution in [-0.2, 0) is 14.8 Å². The molecule has 1 aromatic rings. The summed E-state index contributed by atoms with van der Waals surface area (Å²) in [5.41, 5.74) is 7.08. The van der Waals surface area contributed by atoms with Gasteiger partial charge in [0.15, 0.2) is 0 Å². The molecule has 1 aromatic carbocycles. The van der Waals surface area contributed by atoms with Crippen LogP contribution in [0.2, 0.25) is 0 Å². The molecule has 21 heavy (non-hydrogen) atoms. The molecule has 0 heterocycles. The number of carbonyl (C=O) groups excluding carboxylic acids is 1. The van der Waals surface area contributed by atoms with Gasteiger partial charge in [-0.15, -0.1) is 0 Å². The second kappa shape index (κ2) is 5.53. The minimum atomic E-state index is -3.86. The van der Waals surface area contributed by atoms with E-state index in [2.05, 4.69) is 5.32 Å². The van der Waals surface area contributed by atoms with E-state index in [0.29, 0.717) is 11.3 Å². The van der Waals surface area contributed by atoms with Crippen molar-refractivity contribution in [1.82, 2.24) is 5.32 Å². The van der Waals surface area contributed by atoms with Crippen LogP contribution < -0.4 is 21.1 Å². The number of nitrogens with two attached hydrogens (primary N) is 2. The first-order valence-electron chi connectivity index (χ1n) is 6.62. The number of anilines is 2. The molecule has 0 unspecified atom stereocenters. The van der Waals surface area contributed by atoms with Crippen LogP contribution >= 0.6 is 0 Å². The van der Waals surface area contributed by atoms with Crippen LogP contribution in [0.15, 0.2) is 17.0 Å². The molecule has 0 aromatic heterocycles. The average Bonchev–Trinajstić information content (AvgIpc) is 3.13. The summed E-state index contributed by atoms with van der Waals surface area (Å²) in [6, 6.07) is 3.24. The summed E-state index contributed by atoms with van der Waals surface area (Å²) < 4.78 is 23.2. The van der Waals surface area contributed by atoms with Crippen molar-refractivity contribution in [2.75, 3.05) is 24.2 Å². The van der Waals surface area contributed by atoms with Gasteiger partial charge < -0.3 is 16.0 Å². The quantitative estimate of drug-likeness (QED) is 0.658. The third-order valence-electron chi connectivity index (χ3n) is 3.40. The summed E-state index contributed by atoms with van der Waals surface area (Å²) in [6.45, 7) is 1.77. The van der Waals surface area contributed by atoms with Crippen molar-refractivity contribution in [3.05, 3.63) is 17.7 Å². The Bertz CT molecular complexity index is 668. The Morgan fingerprint density at radius 2 is 2.05 bits per heavy atom. The Kier molecular flexibility index (Phi) is 4.11. The maximum atomic E-state index is 11.8. The Morgan fingerprint density at radius 3 is 2.57 bits per heavy atom. The number of carbonyl (C=O) groups is 1. The lowest BCUT2D eigenvalue weighted by molar-refractivity contribution is -0.119. The van der Waals surface area contributed by atoms with Gasteiger partial charge in [0.2, 0.25) is 15.9 Å². The van der Waals surface area contributed by atoms with Crippen molar-refractivity contribution in [1.29, 1.82) is 0 Å². The monoisotopic (exact) mass is 312 g/mol. The largest absolute Gasteiger partial charge is 0.399 e. The summed E-state index contributed by atoms with van der Waals surface area (Å²) in [5, 5.41) is 8.07. The van der Waals surface area contributed by atoms with Gasteiger partial charge in [-0.3, -0.25) is 4.79 Å². The molecule has 0 atom stereocenters. The molecular formula is C13H20N4O3S. The summed E-state index contributed by atoms with van der Waals surface area (Å²) in [7, 11) is -2.15. The van der Waals surface area contributed by atoms with E-state index in [1.165, 1.54) is 6.07 Å². The summed E-state index contributed by atoms with van der Waals surface area (Å²) in [4.78, 5) is 13.5. The molecule has 2 rings (SSSR count). The van der Waals surface area contributed by atoms with Gasteiger partial charge in [-0.25, -0.2) is 13.6 Å². The van der Waals surface area contributed by atoms with E-state index in [4.69, 9.17) is 10.9 Å². The first-order valence-corrected chi connectivity index (χ1v) is 8.16. The Morgan fingerprint density at radius 1 is 1.43 bits per heavy atom. The van der Waals surface area contributed by atoms with E-state index >= 15 is 0 Å². The van der Waals surface area contributed by atoms with E-state index in [0.717, 1.165) is 12.8 Å². The van der Waals surface area contributed by atoms with Crippen LogP contribution in [0.1, 0.15) is 18.4 Å². The number of hydrogen-bond donors (Lipinski definition) is 3. The van der Waals surface area contributed by atoms with Gasteiger partial charge in [0.1, 0.15) is 0 Å². The number of amides is 1. The van der Waals surface area contributed by atoms with E-state index in [-0.39, 0.29) is 29.1 Å². The predicted octanol–water partition coefficient (Wildman–Crippen LogP) is -0.0606. The zero-order valence-corrected chi connectivity index (χ0v) is 12.9. The lowest BCUT2D eigenvalue weighted by Gasteiger charge is -2.22. The second-order valence-corrected chi connectivity index (χ2v) is 6.94. The third-order valence-corrected chi connectivity index (χ3v) is 4.43. The molecule has 0 spiro atoms. The fourth-order valence-electron chi connectivity index (χ4n) is 2.19. The van der Waals surface area contributed by atoms with Crippen LogP contribution in [0.3, 0.4) is 0 Å². The van der Waals surface area contributed by atoms with Crippen molar-refractivity contribution in [3.8, 4) is 0 Å². The number of sulfonamides is 1. The van der Waals surface area contributed by atoms with E-state index in [9.17, 15) is 13.2 Å². The molecular weight excluding hydrogens is 292 g/mol. The molecule has 1 aliphatic rings. The minimum Gasteiger partial charge on any atom is -0.399 e. The Labute approximate surface area is 124 Å². The van der Waals surface area contributed by atoms with Crippen molar-refractivity contribution in [3.63, 3.8) is 0 Å². The summed E-state index contributed by atoms with van der Waals surface area (Å²) in [6.07, 6.45) is 2.03. The smallest absolute Gasteiger partial charge is 0.239 e. The lowest BCUT2D eigenvalue weighted by atomic mass is 10.1. The SMILES string of the molecule is Cc1c(N(C)CC(=O)NC2CC2)cc(N)cc1S(N)(=O)=O. The molecule has 7 nitrogen and oxygen atoms in total. The van der Waals surface area contributed by atoms with Crippen LogP contribution in [0, 0.1) is 6.92 Å². The van der Waals surface area contributed by atoms with E-state index in [1.807, 2.05) is 0 Å². The second-order valence-electron chi connectivity index (χ2n) is 5.41. The maximum absolute atomic E-state index is 11.8. The molecule has 0 radical (unpaired) electrons. The van der Waals surface area contributed by atoms with Crippen LogP contribution in [0.5, 0.6) is 0 Å². The zero-order chi connectivity index (χ0) is 15.8. The Balaban J connectivity index is 2.25. The summed E-state index contributed by atoms with van der Waals surface area (Å²) >= 11 is 0. The molecule has 0 saturated heterocycles. The highest BCUT2D eigenvalue weighted by Crippen LogP contribution is 2.28. The molecule has 8 heteroatoms.